The number of carbonyl (C=O) groups is 2. The van der Waals surface area contributed by atoms with E-state index >= 15 is 0 Å². The first-order chi connectivity index (χ1) is 20.2. The van der Waals surface area contributed by atoms with Crippen LogP contribution in [0.4, 0.5) is 0 Å². The van der Waals surface area contributed by atoms with Crippen LogP contribution < -0.4 is 0 Å². The van der Waals surface area contributed by atoms with Gasteiger partial charge in [0.05, 0.1) is 0 Å². The fourth-order valence-corrected chi connectivity index (χ4v) is 5.49. The lowest BCUT2D eigenvalue weighted by molar-refractivity contribution is -0.143. The van der Waals surface area contributed by atoms with E-state index < -0.39 is 0 Å². The van der Waals surface area contributed by atoms with Crippen LogP contribution in [0.3, 0.4) is 0 Å². The molecule has 0 bridgehead atoms. The normalized spacial score (nSPS) is 12.2. The largest absolute Gasteiger partial charge is 0.507 e. The third kappa shape index (κ3) is 11.2. The molecule has 0 aromatic heterocycles. The van der Waals surface area contributed by atoms with Gasteiger partial charge in [0.2, 0.25) is 0 Å². The second-order valence-electron chi connectivity index (χ2n) is 14.7. The predicted molar refractivity (Wildman–Crippen MR) is 183 cm³/mol. The smallest absolute Gasteiger partial charge is 0.306 e. The summed E-state index contributed by atoms with van der Waals surface area (Å²) in [5.41, 5.74) is 5.40. The van der Waals surface area contributed by atoms with Gasteiger partial charge in [0.15, 0.2) is 0 Å². The van der Waals surface area contributed by atoms with Crippen molar-refractivity contribution in [3.05, 3.63) is 64.2 Å². The van der Waals surface area contributed by atoms with E-state index in [1.165, 1.54) is 0 Å². The Balaban J connectivity index is 1.74. The third-order valence-corrected chi connectivity index (χ3v) is 8.35. The predicted octanol–water partition coefficient (Wildman–Crippen LogP) is 8.41. The fraction of sp³-hybridized carbons (Fsp3) is 0.568. The van der Waals surface area contributed by atoms with Crippen LogP contribution in [0.2, 0.25) is 0 Å². The number of thioether (sulfide) groups is 1. The number of carbonyl (C=O) groups excluding carboxylic acids is 2. The average Bonchev–Trinajstić information content (AvgIpc) is 2.89. The molecule has 2 aromatic rings. The summed E-state index contributed by atoms with van der Waals surface area (Å²) in [6.07, 6.45) is 1.59. The average molecular weight is 627 g/mol. The molecule has 244 valence electrons. The molecule has 0 saturated carbocycles. The molecule has 0 heterocycles. The van der Waals surface area contributed by atoms with Crippen molar-refractivity contribution in [3.63, 3.8) is 0 Å². The standard InChI is InChI=1S/C37H54O6S/c1-24(2)27-20-25(21-28(33(27)40)35(3,4)5)12-14-31(38)42-16-18-44-19-17-43-32(39)15-13-26-22-29(36(6,7)8)34(41)30(23-26)37(9,10)11/h20-23,40-41H,1,12-19H2,2-11H3. The highest BCUT2D eigenvalue weighted by Gasteiger charge is 2.27. The summed E-state index contributed by atoms with van der Waals surface area (Å²) in [6, 6.07) is 7.86. The first-order valence-electron chi connectivity index (χ1n) is 15.5. The number of rotatable bonds is 13. The maximum absolute atomic E-state index is 12.4. The summed E-state index contributed by atoms with van der Waals surface area (Å²) in [5.74, 6) is 1.31. The number of allylic oxidation sites excluding steroid dienone is 1. The van der Waals surface area contributed by atoms with E-state index in [1.807, 2.05) is 52.0 Å². The van der Waals surface area contributed by atoms with Crippen LogP contribution in [0.1, 0.15) is 115 Å². The molecule has 0 aliphatic rings. The Morgan fingerprint density at radius 1 is 0.682 bits per heavy atom. The van der Waals surface area contributed by atoms with Gasteiger partial charge in [0.25, 0.3) is 0 Å². The minimum atomic E-state index is -0.266. The van der Waals surface area contributed by atoms with Crippen molar-refractivity contribution < 1.29 is 29.3 Å². The van der Waals surface area contributed by atoms with Gasteiger partial charge in [-0.1, -0.05) is 87.1 Å². The van der Waals surface area contributed by atoms with Gasteiger partial charge in [-0.3, -0.25) is 9.59 Å². The van der Waals surface area contributed by atoms with Gasteiger partial charge >= 0.3 is 11.9 Å². The summed E-state index contributed by atoms with van der Waals surface area (Å²) in [7, 11) is 0. The number of ether oxygens (including phenoxy) is 2. The van der Waals surface area contributed by atoms with Crippen LogP contribution in [-0.4, -0.2) is 46.9 Å². The number of benzene rings is 2. The monoisotopic (exact) mass is 626 g/mol. The van der Waals surface area contributed by atoms with Crippen molar-refractivity contribution in [1.29, 1.82) is 0 Å². The number of aryl methyl sites for hydroxylation is 2. The van der Waals surface area contributed by atoms with E-state index in [9.17, 15) is 19.8 Å². The van der Waals surface area contributed by atoms with E-state index in [1.54, 1.807) is 11.8 Å². The molecule has 0 aliphatic heterocycles. The molecular formula is C37H54O6S. The van der Waals surface area contributed by atoms with Gasteiger partial charge in [-0.25, -0.2) is 0 Å². The number of phenols is 2. The maximum Gasteiger partial charge on any atom is 0.306 e. The fourth-order valence-electron chi connectivity index (χ4n) is 4.89. The number of hydrogen-bond donors (Lipinski definition) is 2. The quantitative estimate of drug-likeness (QED) is 0.170. The zero-order chi connectivity index (χ0) is 33.5. The lowest BCUT2D eigenvalue weighted by Gasteiger charge is -2.28. The first kappa shape index (κ1) is 37.3. The zero-order valence-electron chi connectivity index (χ0n) is 28.6. The molecule has 7 heteroatoms. The molecule has 0 unspecified atom stereocenters. The van der Waals surface area contributed by atoms with Crippen molar-refractivity contribution in [3.8, 4) is 11.5 Å². The molecule has 0 amide bonds. The Bertz CT molecular complexity index is 1290. The van der Waals surface area contributed by atoms with Crippen LogP contribution in [0.15, 0.2) is 30.8 Å². The highest BCUT2D eigenvalue weighted by molar-refractivity contribution is 7.99. The lowest BCUT2D eigenvalue weighted by Crippen LogP contribution is -2.18. The highest BCUT2D eigenvalue weighted by Crippen LogP contribution is 2.40. The molecule has 2 rings (SSSR count). The van der Waals surface area contributed by atoms with Gasteiger partial charge in [0, 0.05) is 35.5 Å². The topological polar surface area (TPSA) is 93.1 Å². The second-order valence-corrected chi connectivity index (χ2v) is 15.9. The van der Waals surface area contributed by atoms with Gasteiger partial charge in [-0.15, -0.1) is 0 Å². The SMILES string of the molecule is C=C(C)c1cc(CCC(=O)OCCSCCOC(=O)CCc2cc(C(C)(C)C)c(O)c(C(C)(C)C)c2)cc(C(C)(C)C)c1O. The Labute approximate surface area is 269 Å². The van der Waals surface area contributed by atoms with Crippen LogP contribution in [0.25, 0.3) is 5.57 Å². The second kappa shape index (κ2) is 15.4. The number of phenolic OH excluding ortho intramolecular Hbond substituents is 2. The van der Waals surface area contributed by atoms with Crippen LogP contribution in [0, 0.1) is 0 Å². The van der Waals surface area contributed by atoms with Crippen LogP contribution in [-0.2, 0) is 48.1 Å². The van der Waals surface area contributed by atoms with E-state index in [4.69, 9.17) is 9.47 Å². The van der Waals surface area contributed by atoms with Crippen molar-refractivity contribution >= 4 is 29.3 Å². The van der Waals surface area contributed by atoms with Gasteiger partial charge < -0.3 is 19.7 Å². The number of aromatic hydroxyl groups is 2. The van der Waals surface area contributed by atoms with Crippen molar-refractivity contribution in [1.82, 2.24) is 0 Å². The summed E-state index contributed by atoms with van der Waals surface area (Å²) in [6.45, 7) is 25.0. The van der Waals surface area contributed by atoms with Crippen LogP contribution in [0.5, 0.6) is 11.5 Å². The molecule has 0 aliphatic carbocycles. The van der Waals surface area contributed by atoms with E-state index in [0.717, 1.165) is 33.4 Å². The highest BCUT2D eigenvalue weighted by atomic mass is 32.2. The Morgan fingerprint density at radius 2 is 1.05 bits per heavy atom. The molecule has 0 radical (unpaired) electrons. The molecule has 6 nitrogen and oxygen atoms in total. The van der Waals surface area contributed by atoms with Crippen molar-refractivity contribution in [2.24, 2.45) is 0 Å². The molecule has 0 atom stereocenters. The zero-order valence-corrected chi connectivity index (χ0v) is 29.4. The molecular weight excluding hydrogens is 572 g/mol. The Morgan fingerprint density at radius 3 is 1.41 bits per heavy atom. The summed E-state index contributed by atoms with van der Waals surface area (Å²) in [5, 5.41) is 21.6. The molecule has 0 fully saturated rings. The third-order valence-electron chi connectivity index (χ3n) is 7.44. The summed E-state index contributed by atoms with van der Waals surface area (Å²) in [4.78, 5) is 24.7. The lowest BCUT2D eigenvalue weighted by atomic mass is 9.78. The molecule has 0 saturated heterocycles. The number of hydrogen-bond acceptors (Lipinski definition) is 7. The minimum absolute atomic E-state index is 0.219. The molecule has 44 heavy (non-hydrogen) atoms. The Kier molecular flexibility index (Phi) is 13.0. The van der Waals surface area contributed by atoms with Crippen molar-refractivity contribution in [2.45, 2.75) is 111 Å². The summed E-state index contributed by atoms with van der Waals surface area (Å²) >= 11 is 1.57. The minimum Gasteiger partial charge on any atom is -0.507 e. The molecule has 0 spiro atoms. The molecule has 2 aromatic carbocycles. The van der Waals surface area contributed by atoms with Crippen LogP contribution >= 0.6 is 11.8 Å². The van der Waals surface area contributed by atoms with E-state index in [-0.39, 0.29) is 46.8 Å². The first-order valence-corrected chi connectivity index (χ1v) is 16.7. The van der Waals surface area contributed by atoms with E-state index in [2.05, 4.69) is 48.1 Å². The van der Waals surface area contributed by atoms with E-state index in [0.29, 0.717) is 48.9 Å². The van der Waals surface area contributed by atoms with Gasteiger partial charge in [-0.2, -0.15) is 11.8 Å². The van der Waals surface area contributed by atoms with Gasteiger partial charge in [0.1, 0.15) is 24.7 Å². The van der Waals surface area contributed by atoms with Gasteiger partial charge in [-0.05, 0) is 69.9 Å². The van der Waals surface area contributed by atoms with Crippen molar-refractivity contribution in [2.75, 3.05) is 24.7 Å². The molecule has 2 N–H and O–H groups in total. The Hall–Kier alpha value is -2.93. The number of esters is 2. The maximum atomic E-state index is 12.4. The summed E-state index contributed by atoms with van der Waals surface area (Å²) < 4.78 is 10.8.